The number of aliphatic carboxylic acids is 1. The summed E-state index contributed by atoms with van der Waals surface area (Å²) >= 11 is 0. The molecule has 0 aliphatic heterocycles. The molecule has 1 aromatic carbocycles. The van der Waals surface area contributed by atoms with Crippen molar-refractivity contribution in [1.29, 1.82) is 0 Å². The molecule has 0 radical (unpaired) electrons. The van der Waals surface area contributed by atoms with E-state index in [1.165, 1.54) is 13.0 Å². The predicted octanol–water partition coefficient (Wildman–Crippen LogP) is 3.44. The zero-order valence-corrected chi connectivity index (χ0v) is 11.5. The minimum atomic E-state index is -1.54. The van der Waals surface area contributed by atoms with Gasteiger partial charge in [-0.15, -0.1) is 0 Å². The van der Waals surface area contributed by atoms with Gasteiger partial charge in [0, 0.05) is 11.6 Å². The van der Waals surface area contributed by atoms with Gasteiger partial charge in [-0.05, 0) is 31.0 Å². The van der Waals surface area contributed by atoms with E-state index >= 15 is 0 Å². The highest BCUT2D eigenvalue weighted by atomic mass is 19.1. The topological polar surface area (TPSA) is 54.4 Å². The van der Waals surface area contributed by atoms with Crippen molar-refractivity contribution < 1.29 is 23.5 Å². The Balaban J connectivity index is 0.000000956. The van der Waals surface area contributed by atoms with Crippen molar-refractivity contribution in [2.75, 3.05) is 0 Å². The van der Waals surface area contributed by atoms with Gasteiger partial charge < -0.3 is 5.11 Å². The zero-order valence-electron chi connectivity index (χ0n) is 11.5. The third-order valence-electron chi connectivity index (χ3n) is 3.11. The van der Waals surface area contributed by atoms with Crippen LogP contribution in [-0.2, 0) is 9.59 Å². The third kappa shape index (κ3) is 2.76. The molecule has 3 nitrogen and oxygen atoms in total. The van der Waals surface area contributed by atoms with Crippen molar-refractivity contribution in [3.05, 3.63) is 41.5 Å². The summed E-state index contributed by atoms with van der Waals surface area (Å²) in [6.07, 6.45) is 1.43. The summed E-state index contributed by atoms with van der Waals surface area (Å²) in [5.74, 6) is -3.47. The fourth-order valence-corrected chi connectivity index (χ4v) is 1.93. The van der Waals surface area contributed by atoms with Crippen LogP contribution >= 0.6 is 0 Å². The van der Waals surface area contributed by atoms with Crippen molar-refractivity contribution in [3.63, 3.8) is 0 Å². The van der Waals surface area contributed by atoms with Crippen LogP contribution in [0.4, 0.5) is 8.78 Å². The summed E-state index contributed by atoms with van der Waals surface area (Å²) < 4.78 is 26.1. The van der Waals surface area contributed by atoms with Crippen LogP contribution in [-0.4, -0.2) is 16.9 Å². The van der Waals surface area contributed by atoms with Gasteiger partial charge in [-0.2, -0.15) is 0 Å². The Labute approximate surface area is 115 Å². The molecule has 0 fully saturated rings. The fraction of sp³-hybridized carbons (Fsp3) is 0.333. The molecule has 0 heterocycles. The smallest absolute Gasteiger partial charge is 0.317 e. The first kappa shape index (κ1) is 16.0. The van der Waals surface area contributed by atoms with Crippen molar-refractivity contribution in [2.45, 2.75) is 27.2 Å². The van der Waals surface area contributed by atoms with Gasteiger partial charge in [-0.3, -0.25) is 9.59 Å². The quantitative estimate of drug-likeness (QED) is 0.845. The number of benzene rings is 1. The van der Waals surface area contributed by atoms with E-state index < -0.39 is 28.8 Å². The van der Waals surface area contributed by atoms with Crippen LogP contribution in [0.1, 0.15) is 32.8 Å². The maximum atomic E-state index is 13.1. The molecule has 0 bridgehead atoms. The second-order valence-corrected chi connectivity index (χ2v) is 4.45. The summed E-state index contributed by atoms with van der Waals surface area (Å²) in [6, 6.07) is 2.72. The average Bonchev–Trinajstić information content (AvgIpc) is 2.69. The third-order valence-corrected chi connectivity index (χ3v) is 3.11. The molecule has 0 saturated heterocycles. The van der Waals surface area contributed by atoms with Gasteiger partial charge in [0.1, 0.15) is 17.0 Å². The Morgan fingerprint density at radius 2 is 1.70 bits per heavy atom. The number of halogens is 2. The molecule has 0 amide bonds. The Morgan fingerprint density at radius 3 is 2.10 bits per heavy atom. The lowest BCUT2D eigenvalue weighted by atomic mass is 9.84. The first-order chi connectivity index (χ1) is 9.34. The van der Waals surface area contributed by atoms with Crippen LogP contribution in [0.5, 0.6) is 0 Å². The number of Topliss-reactive ketones (excluding diaryl/α,β-unsaturated/α-hetero) is 1. The van der Waals surface area contributed by atoms with Gasteiger partial charge in [-0.25, -0.2) is 8.78 Å². The van der Waals surface area contributed by atoms with E-state index in [0.717, 1.165) is 12.1 Å². The van der Waals surface area contributed by atoms with Crippen LogP contribution in [0.2, 0.25) is 0 Å². The summed E-state index contributed by atoms with van der Waals surface area (Å²) in [5.41, 5.74) is -1.42. The number of rotatable bonds is 2. The summed E-state index contributed by atoms with van der Waals surface area (Å²) in [6.45, 7) is 5.30. The molecule has 2 rings (SSSR count). The predicted molar refractivity (Wildman–Crippen MR) is 71.0 cm³/mol. The highest BCUT2D eigenvalue weighted by Gasteiger charge is 2.46. The summed E-state index contributed by atoms with van der Waals surface area (Å²) in [5, 5.41) is 9.01. The minimum Gasteiger partial charge on any atom is -0.480 e. The first-order valence-corrected chi connectivity index (χ1v) is 6.29. The summed E-state index contributed by atoms with van der Waals surface area (Å²) in [4.78, 5) is 23.0. The molecule has 0 aromatic heterocycles. The maximum Gasteiger partial charge on any atom is 0.317 e. The number of carboxylic acid groups (broad SMARTS) is 1. The Bertz CT molecular complexity index is 558. The van der Waals surface area contributed by atoms with E-state index in [-0.39, 0.29) is 17.6 Å². The molecule has 108 valence electrons. The van der Waals surface area contributed by atoms with E-state index in [4.69, 9.17) is 5.11 Å². The lowest BCUT2D eigenvalue weighted by Gasteiger charge is -2.16. The van der Waals surface area contributed by atoms with Gasteiger partial charge in [0.25, 0.3) is 0 Å². The standard InChI is InChI=1S/C13H10F2O3.C2H6/c1-13(12(17)18)3-2-10(11(13)16)7-4-8(14)6-9(15)5-7;1-2/h2,4-6H,3H2,1H3,(H,17,18);1-2H3. The second-order valence-electron chi connectivity index (χ2n) is 4.45. The SMILES string of the molecule is CC.CC1(C(=O)O)CC=C(c2cc(F)cc(F)c2)C1=O. The lowest BCUT2D eigenvalue weighted by Crippen LogP contribution is -2.33. The van der Waals surface area contributed by atoms with Crippen LogP contribution in [0.25, 0.3) is 5.57 Å². The molecule has 5 heteroatoms. The number of carbonyl (C=O) groups excluding carboxylic acids is 1. The van der Waals surface area contributed by atoms with Gasteiger partial charge in [0.05, 0.1) is 0 Å². The van der Waals surface area contributed by atoms with Gasteiger partial charge >= 0.3 is 5.97 Å². The number of carbonyl (C=O) groups is 2. The molecular formula is C15H16F2O3. The molecule has 1 aliphatic carbocycles. The largest absolute Gasteiger partial charge is 0.480 e. The number of hydrogen-bond acceptors (Lipinski definition) is 2. The molecule has 1 N–H and O–H groups in total. The van der Waals surface area contributed by atoms with Gasteiger partial charge in [0.2, 0.25) is 0 Å². The van der Waals surface area contributed by atoms with Crippen molar-refractivity contribution in [1.82, 2.24) is 0 Å². The molecule has 20 heavy (non-hydrogen) atoms. The average molecular weight is 282 g/mol. The van der Waals surface area contributed by atoms with Crippen LogP contribution in [0.15, 0.2) is 24.3 Å². The number of ketones is 1. The monoisotopic (exact) mass is 282 g/mol. The molecule has 0 saturated carbocycles. The van der Waals surface area contributed by atoms with Crippen LogP contribution < -0.4 is 0 Å². The van der Waals surface area contributed by atoms with Crippen LogP contribution in [0, 0.1) is 17.0 Å². The van der Waals surface area contributed by atoms with Crippen molar-refractivity contribution in [3.8, 4) is 0 Å². The highest BCUT2D eigenvalue weighted by Crippen LogP contribution is 2.38. The lowest BCUT2D eigenvalue weighted by molar-refractivity contribution is -0.151. The highest BCUT2D eigenvalue weighted by molar-refractivity contribution is 6.30. The number of carboxylic acids is 1. The Hall–Kier alpha value is -2.04. The van der Waals surface area contributed by atoms with Crippen molar-refractivity contribution in [2.24, 2.45) is 5.41 Å². The van der Waals surface area contributed by atoms with Crippen molar-refractivity contribution >= 4 is 17.3 Å². The van der Waals surface area contributed by atoms with E-state index in [9.17, 15) is 18.4 Å². The number of hydrogen-bond donors (Lipinski definition) is 1. The molecule has 1 aliphatic rings. The Morgan fingerprint density at radius 1 is 1.20 bits per heavy atom. The minimum absolute atomic E-state index is 0.0225. The Kier molecular flexibility index (Phi) is 4.76. The summed E-state index contributed by atoms with van der Waals surface area (Å²) in [7, 11) is 0. The molecular weight excluding hydrogens is 266 g/mol. The van der Waals surface area contributed by atoms with Gasteiger partial charge in [-0.1, -0.05) is 19.9 Å². The van der Waals surface area contributed by atoms with E-state index in [0.29, 0.717) is 6.07 Å². The molecule has 0 spiro atoms. The normalized spacial score (nSPS) is 21.1. The van der Waals surface area contributed by atoms with Crippen LogP contribution in [0.3, 0.4) is 0 Å². The molecule has 1 atom stereocenters. The molecule has 1 aromatic rings. The second kappa shape index (κ2) is 5.94. The van der Waals surface area contributed by atoms with E-state index in [1.807, 2.05) is 13.8 Å². The number of allylic oxidation sites excluding steroid dienone is 2. The molecule has 1 unspecified atom stereocenters. The maximum absolute atomic E-state index is 13.1. The zero-order chi connectivity index (χ0) is 15.5. The fourth-order valence-electron chi connectivity index (χ4n) is 1.93. The van der Waals surface area contributed by atoms with Gasteiger partial charge in [0.15, 0.2) is 5.78 Å². The van der Waals surface area contributed by atoms with E-state index in [1.54, 1.807) is 0 Å². The van der Waals surface area contributed by atoms with E-state index in [2.05, 4.69) is 0 Å². The first-order valence-electron chi connectivity index (χ1n) is 6.29.